The molecule has 0 spiro atoms. The molecule has 0 aliphatic rings. The summed E-state index contributed by atoms with van der Waals surface area (Å²) in [6, 6.07) is 2.96. The van der Waals surface area contributed by atoms with Crippen molar-refractivity contribution in [2.75, 3.05) is 6.54 Å². The van der Waals surface area contributed by atoms with Crippen molar-refractivity contribution >= 4 is 11.9 Å². The number of aromatic hydroxyl groups is 1. The van der Waals surface area contributed by atoms with Gasteiger partial charge in [0.15, 0.2) is 5.69 Å². The summed E-state index contributed by atoms with van der Waals surface area (Å²) < 4.78 is 0. The summed E-state index contributed by atoms with van der Waals surface area (Å²) in [5.41, 5.74) is 0.0216. The first-order valence-electron chi connectivity index (χ1n) is 6.25. The van der Waals surface area contributed by atoms with Crippen LogP contribution in [0.25, 0.3) is 0 Å². The van der Waals surface area contributed by atoms with Crippen LogP contribution in [0.15, 0.2) is 18.3 Å². The first kappa shape index (κ1) is 14.9. The van der Waals surface area contributed by atoms with Crippen LogP contribution >= 0.6 is 0 Å². The lowest BCUT2D eigenvalue weighted by Gasteiger charge is -2.05. The maximum atomic E-state index is 11.6. The van der Waals surface area contributed by atoms with Gasteiger partial charge in [0.2, 0.25) is 0 Å². The highest BCUT2D eigenvalue weighted by Crippen LogP contribution is 2.11. The van der Waals surface area contributed by atoms with Crippen LogP contribution in [0.5, 0.6) is 5.75 Å². The van der Waals surface area contributed by atoms with Crippen LogP contribution in [0.2, 0.25) is 0 Å². The van der Waals surface area contributed by atoms with Crippen molar-refractivity contribution in [2.24, 2.45) is 0 Å². The number of nitrogens with zero attached hydrogens (tertiary/aromatic N) is 1. The van der Waals surface area contributed by atoms with E-state index in [1.54, 1.807) is 6.07 Å². The Balaban J connectivity index is 2.15. The van der Waals surface area contributed by atoms with Gasteiger partial charge >= 0.3 is 5.97 Å². The fourth-order valence-corrected chi connectivity index (χ4v) is 1.61. The fourth-order valence-electron chi connectivity index (χ4n) is 1.61. The van der Waals surface area contributed by atoms with E-state index in [9.17, 15) is 14.7 Å². The number of carbonyl (C=O) groups is 2. The van der Waals surface area contributed by atoms with E-state index in [0.717, 1.165) is 19.3 Å². The van der Waals surface area contributed by atoms with Gasteiger partial charge in [-0.1, -0.05) is 12.8 Å². The molecule has 1 heterocycles. The third kappa shape index (κ3) is 5.85. The number of amides is 1. The van der Waals surface area contributed by atoms with Gasteiger partial charge in [0.1, 0.15) is 5.75 Å². The van der Waals surface area contributed by atoms with Crippen LogP contribution in [-0.4, -0.2) is 33.6 Å². The highest BCUT2D eigenvalue weighted by Gasteiger charge is 2.10. The number of aromatic nitrogens is 1. The topological polar surface area (TPSA) is 99.5 Å². The van der Waals surface area contributed by atoms with Gasteiger partial charge in [0.05, 0.1) is 0 Å². The first-order chi connectivity index (χ1) is 9.11. The Bertz CT molecular complexity index is 434. The highest BCUT2D eigenvalue weighted by molar-refractivity contribution is 5.94. The number of hydrogen-bond donors (Lipinski definition) is 3. The number of hydrogen-bond acceptors (Lipinski definition) is 4. The fraction of sp³-hybridized carbons (Fsp3) is 0.462. The molecule has 1 aromatic heterocycles. The molecule has 3 N–H and O–H groups in total. The number of carbonyl (C=O) groups excluding carboxylic acids is 1. The lowest BCUT2D eigenvalue weighted by Crippen LogP contribution is -2.25. The number of rotatable bonds is 8. The first-order valence-corrected chi connectivity index (χ1v) is 6.25. The van der Waals surface area contributed by atoms with Gasteiger partial charge in [-0.15, -0.1) is 0 Å². The van der Waals surface area contributed by atoms with Crippen molar-refractivity contribution < 1.29 is 19.8 Å². The number of carboxylic acid groups (broad SMARTS) is 1. The van der Waals surface area contributed by atoms with Gasteiger partial charge in [-0.3, -0.25) is 9.59 Å². The Kier molecular flexibility index (Phi) is 6.35. The largest absolute Gasteiger partial charge is 0.505 e. The molecule has 0 bridgehead atoms. The van der Waals surface area contributed by atoms with Gasteiger partial charge in [-0.05, 0) is 25.0 Å². The molecule has 0 radical (unpaired) electrons. The molecule has 6 nitrogen and oxygen atoms in total. The van der Waals surface area contributed by atoms with Gasteiger partial charge < -0.3 is 15.5 Å². The van der Waals surface area contributed by atoms with E-state index < -0.39 is 11.9 Å². The van der Waals surface area contributed by atoms with Crippen molar-refractivity contribution in [1.82, 2.24) is 10.3 Å². The summed E-state index contributed by atoms with van der Waals surface area (Å²) in [5, 5.41) is 20.5. The van der Waals surface area contributed by atoms with Crippen molar-refractivity contribution in [3.63, 3.8) is 0 Å². The molecule has 0 saturated carbocycles. The molecule has 0 saturated heterocycles. The minimum Gasteiger partial charge on any atom is -0.505 e. The quantitative estimate of drug-likeness (QED) is 0.620. The molecule has 104 valence electrons. The molecule has 1 rings (SSSR count). The molecule has 19 heavy (non-hydrogen) atoms. The normalized spacial score (nSPS) is 10.1. The van der Waals surface area contributed by atoms with E-state index in [2.05, 4.69) is 10.3 Å². The molecule has 6 heteroatoms. The summed E-state index contributed by atoms with van der Waals surface area (Å²) >= 11 is 0. The second-order valence-electron chi connectivity index (χ2n) is 4.18. The van der Waals surface area contributed by atoms with Crippen LogP contribution < -0.4 is 5.32 Å². The van der Waals surface area contributed by atoms with Gasteiger partial charge in [0, 0.05) is 19.2 Å². The zero-order valence-corrected chi connectivity index (χ0v) is 10.6. The highest BCUT2D eigenvalue weighted by atomic mass is 16.4. The van der Waals surface area contributed by atoms with Crippen molar-refractivity contribution in [1.29, 1.82) is 0 Å². The zero-order valence-electron chi connectivity index (χ0n) is 10.6. The van der Waals surface area contributed by atoms with Crippen molar-refractivity contribution in [3.8, 4) is 5.75 Å². The summed E-state index contributed by atoms with van der Waals surface area (Å²) in [6.45, 7) is 0.488. The van der Waals surface area contributed by atoms with E-state index in [4.69, 9.17) is 5.11 Å². The minimum atomic E-state index is -0.779. The zero-order chi connectivity index (χ0) is 14.1. The Morgan fingerprint density at radius 1 is 1.21 bits per heavy atom. The van der Waals surface area contributed by atoms with E-state index in [0.29, 0.717) is 13.0 Å². The predicted octanol–water partition coefficient (Wildman–Crippen LogP) is 1.55. The van der Waals surface area contributed by atoms with Crippen LogP contribution in [-0.2, 0) is 4.79 Å². The monoisotopic (exact) mass is 266 g/mol. The minimum absolute atomic E-state index is 0.0216. The number of aliphatic carboxylic acids is 1. The Morgan fingerprint density at radius 2 is 1.95 bits per heavy atom. The van der Waals surface area contributed by atoms with E-state index >= 15 is 0 Å². The average Bonchev–Trinajstić information content (AvgIpc) is 2.37. The lowest BCUT2D eigenvalue weighted by molar-refractivity contribution is -0.137. The number of nitrogens with one attached hydrogen (secondary N) is 1. The third-order valence-corrected chi connectivity index (χ3v) is 2.60. The van der Waals surface area contributed by atoms with Crippen LogP contribution in [0.4, 0.5) is 0 Å². The summed E-state index contributed by atoms with van der Waals surface area (Å²) in [4.78, 5) is 25.7. The number of carboxylic acids is 1. The van der Waals surface area contributed by atoms with Gasteiger partial charge in [-0.25, -0.2) is 4.98 Å². The molecular formula is C13H18N2O4. The second kappa shape index (κ2) is 8.07. The van der Waals surface area contributed by atoms with Crippen LogP contribution in [0.1, 0.15) is 42.6 Å². The van der Waals surface area contributed by atoms with Crippen molar-refractivity contribution in [3.05, 3.63) is 24.0 Å². The Labute approximate surface area is 111 Å². The van der Waals surface area contributed by atoms with E-state index in [1.165, 1.54) is 12.3 Å². The van der Waals surface area contributed by atoms with Crippen molar-refractivity contribution in [2.45, 2.75) is 32.1 Å². The molecule has 0 aliphatic carbocycles. The standard InChI is InChI=1S/C13H18N2O4/c16-10-6-5-9-14-12(10)13(19)15-8-4-2-1-3-7-11(17)18/h5-6,9,16H,1-4,7-8H2,(H,15,19)(H,17,18). The summed E-state index contributed by atoms with van der Waals surface area (Å²) in [5.74, 6) is -1.32. The molecule has 1 amide bonds. The average molecular weight is 266 g/mol. The molecular weight excluding hydrogens is 248 g/mol. The predicted molar refractivity (Wildman–Crippen MR) is 69.0 cm³/mol. The number of pyridine rings is 1. The Morgan fingerprint density at radius 3 is 2.63 bits per heavy atom. The Hall–Kier alpha value is -2.11. The van der Waals surface area contributed by atoms with E-state index in [-0.39, 0.29) is 17.9 Å². The maximum Gasteiger partial charge on any atom is 0.303 e. The van der Waals surface area contributed by atoms with Crippen LogP contribution in [0.3, 0.4) is 0 Å². The molecule has 0 aromatic carbocycles. The maximum absolute atomic E-state index is 11.6. The second-order valence-corrected chi connectivity index (χ2v) is 4.18. The number of unbranched alkanes of at least 4 members (excludes halogenated alkanes) is 3. The van der Waals surface area contributed by atoms with Gasteiger partial charge in [-0.2, -0.15) is 0 Å². The lowest BCUT2D eigenvalue weighted by atomic mass is 10.1. The molecule has 0 fully saturated rings. The molecule has 0 atom stereocenters. The molecule has 0 unspecified atom stereocenters. The SMILES string of the molecule is O=C(O)CCCCCCNC(=O)c1ncccc1O. The summed E-state index contributed by atoms with van der Waals surface area (Å²) in [7, 11) is 0. The van der Waals surface area contributed by atoms with Gasteiger partial charge in [0.25, 0.3) is 5.91 Å². The molecule has 1 aromatic rings. The van der Waals surface area contributed by atoms with Crippen LogP contribution in [0, 0.1) is 0 Å². The smallest absolute Gasteiger partial charge is 0.303 e. The molecule has 0 aliphatic heterocycles. The summed E-state index contributed by atoms with van der Waals surface area (Å²) in [6.07, 6.45) is 4.76. The van der Waals surface area contributed by atoms with E-state index in [1.807, 2.05) is 0 Å². The third-order valence-electron chi connectivity index (χ3n) is 2.60.